The summed E-state index contributed by atoms with van der Waals surface area (Å²) >= 11 is 6.48. The number of carboxylic acids is 1. The number of carbonyl (C=O) groups excluding carboxylic acids is 3. The molecule has 12 heteroatoms. The Balaban J connectivity index is 1.51. The standard InChI is InChI=1S/C27H23ClN2O9/c1-3-37-22-12-16(10-19(28)23(22)38-14-15-4-6-17(7-5-15)25(32)33)11-20-24(31)30(27(35)29-20)13-18-8-9-21(39-18)26(34)36-2/h4-12H,3,13-14H2,1-2H3,(H,29,35)(H,32,33)/b20-11-. The van der Waals surface area contributed by atoms with Gasteiger partial charge in [0.2, 0.25) is 5.76 Å². The average Bonchev–Trinajstić information content (AvgIpc) is 3.48. The van der Waals surface area contributed by atoms with Gasteiger partial charge in [-0.25, -0.2) is 14.4 Å². The van der Waals surface area contributed by atoms with Gasteiger partial charge in [-0.3, -0.25) is 9.69 Å². The maximum atomic E-state index is 12.9. The molecule has 1 aliphatic heterocycles. The van der Waals surface area contributed by atoms with Crippen molar-refractivity contribution in [3.63, 3.8) is 0 Å². The van der Waals surface area contributed by atoms with E-state index in [1.54, 1.807) is 31.2 Å². The van der Waals surface area contributed by atoms with Gasteiger partial charge in [0.25, 0.3) is 5.91 Å². The summed E-state index contributed by atoms with van der Waals surface area (Å²) in [5.74, 6) is -1.54. The van der Waals surface area contributed by atoms with Crippen molar-refractivity contribution >= 4 is 41.6 Å². The molecule has 1 aromatic heterocycles. The summed E-state index contributed by atoms with van der Waals surface area (Å²) in [5, 5.41) is 11.8. The Morgan fingerprint density at radius 1 is 1.10 bits per heavy atom. The maximum Gasteiger partial charge on any atom is 0.373 e. The van der Waals surface area contributed by atoms with E-state index in [1.165, 1.54) is 37.5 Å². The number of ether oxygens (including phenoxy) is 3. The largest absolute Gasteiger partial charge is 0.490 e. The van der Waals surface area contributed by atoms with Crippen molar-refractivity contribution in [3.8, 4) is 11.5 Å². The van der Waals surface area contributed by atoms with E-state index in [4.69, 9.17) is 30.6 Å². The van der Waals surface area contributed by atoms with Gasteiger partial charge in [-0.05, 0) is 60.5 Å². The zero-order chi connectivity index (χ0) is 28.1. The predicted molar refractivity (Wildman–Crippen MR) is 137 cm³/mol. The minimum atomic E-state index is -1.03. The number of carboxylic acid groups (broad SMARTS) is 1. The highest BCUT2D eigenvalue weighted by Crippen LogP contribution is 2.38. The number of hydrogen-bond acceptors (Lipinski definition) is 8. The molecule has 0 aliphatic carbocycles. The molecule has 2 N–H and O–H groups in total. The molecule has 3 aromatic rings. The van der Waals surface area contributed by atoms with Gasteiger partial charge in [0.1, 0.15) is 18.1 Å². The molecule has 4 rings (SSSR count). The molecule has 2 aromatic carbocycles. The molecule has 0 bridgehead atoms. The van der Waals surface area contributed by atoms with Gasteiger partial charge in [0.05, 0.1) is 30.8 Å². The van der Waals surface area contributed by atoms with Gasteiger partial charge in [-0.2, -0.15) is 0 Å². The summed E-state index contributed by atoms with van der Waals surface area (Å²) < 4.78 is 21.5. The lowest BCUT2D eigenvalue weighted by atomic mass is 10.1. The van der Waals surface area contributed by atoms with Crippen LogP contribution in [0.5, 0.6) is 11.5 Å². The Bertz CT molecular complexity index is 1460. The smallest absolute Gasteiger partial charge is 0.373 e. The highest BCUT2D eigenvalue weighted by molar-refractivity contribution is 6.32. The summed E-state index contributed by atoms with van der Waals surface area (Å²) in [4.78, 5) is 49.0. The topological polar surface area (TPSA) is 145 Å². The molecule has 3 amide bonds. The van der Waals surface area contributed by atoms with E-state index in [-0.39, 0.29) is 46.7 Å². The van der Waals surface area contributed by atoms with Crippen LogP contribution in [0.3, 0.4) is 0 Å². The fourth-order valence-corrected chi connectivity index (χ4v) is 3.96. The molecule has 1 fully saturated rings. The number of methoxy groups -OCH3 is 1. The summed E-state index contributed by atoms with van der Waals surface area (Å²) in [5.41, 5.74) is 1.36. The third-order valence-electron chi connectivity index (χ3n) is 5.55. The number of imide groups is 1. The second kappa shape index (κ2) is 11.7. The van der Waals surface area contributed by atoms with Crippen LogP contribution in [0.2, 0.25) is 5.02 Å². The molecule has 11 nitrogen and oxygen atoms in total. The van der Waals surface area contributed by atoms with Gasteiger partial charge in [-0.1, -0.05) is 23.7 Å². The molecule has 2 heterocycles. The van der Waals surface area contributed by atoms with Crippen LogP contribution in [0.4, 0.5) is 4.79 Å². The van der Waals surface area contributed by atoms with E-state index in [1.807, 2.05) is 0 Å². The number of furan rings is 1. The first kappa shape index (κ1) is 27.3. The van der Waals surface area contributed by atoms with Gasteiger partial charge in [0, 0.05) is 0 Å². The molecular formula is C27H23ClN2O9. The monoisotopic (exact) mass is 554 g/mol. The van der Waals surface area contributed by atoms with E-state index in [0.29, 0.717) is 17.9 Å². The van der Waals surface area contributed by atoms with Crippen LogP contribution in [0.1, 0.15) is 44.7 Å². The number of carbonyl (C=O) groups is 4. The predicted octanol–water partition coefficient (Wildman–Crippen LogP) is 4.49. The van der Waals surface area contributed by atoms with E-state index < -0.39 is 23.9 Å². The first-order chi connectivity index (χ1) is 18.7. The molecule has 0 radical (unpaired) electrons. The minimum absolute atomic E-state index is 0.00505. The number of rotatable bonds is 10. The van der Waals surface area contributed by atoms with Gasteiger partial charge in [0.15, 0.2) is 11.5 Å². The first-order valence-corrected chi connectivity index (χ1v) is 12.0. The van der Waals surface area contributed by atoms with Crippen LogP contribution in [0, 0.1) is 0 Å². The van der Waals surface area contributed by atoms with Crippen molar-refractivity contribution in [3.05, 3.63) is 87.5 Å². The van der Waals surface area contributed by atoms with E-state index >= 15 is 0 Å². The maximum absolute atomic E-state index is 12.9. The zero-order valence-corrected chi connectivity index (χ0v) is 21.6. The molecule has 0 atom stereocenters. The summed E-state index contributed by atoms with van der Waals surface area (Å²) in [6, 6.07) is 11.6. The van der Waals surface area contributed by atoms with Crippen molar-refractivity contribution in [1.82, 2.24) is 10.2 Å². The van der Waals surface area contributed by atoms with Crippen LogP contribution in [-0.2, 0) is 22.7 Å². The number of nitrogens with zero attached hydrogens (tertiary/aromatic N) is 1. The van der Waals surface area contributed by atoms with Crippen LogP contribution in [0.15, 0.2) is 58.6 Å². The average molecular weight is 555 g/mol. The van der Waals surface area contributed by atoms with Gasteiger partial charge < -0.3 is 29.1 Å². The summed E-state index contributed by atoms with van der Waals surface area (Å²) in [6.45, 7) is 2.00. The normalized spacial score (nSPS) is 13.9. The number of halogens is 1. The minimum Gasteiger partial charge on any atom is -0.490 e. The Labute approximate surface area is 227 Å². The number of benzene rings is 2. The van der Waals surface area contributed by atoms with Crippen LogP contribution in [0.25, 0.3) is 6.08 Å². The third-order valence-corrected chi connectivity index (χ3v) is 5.83. The Morgan fingerprint density at radius 3 is 2.51 bits per heavy atom. The SMILES string of the molecule is CCOc1cc(/C=C2\NC(=O)N(Cc3ccc(C(=O)OC)o3)C2=O)cc(Cl)c1OCc1ccc(C(=O)O)cc1. The number of nitrogens with one attached hydrogen (secondary N) is 1. The fraction of sp³-hybridized carbons (Fsp3) is 0.185. The van der Waals surface area contributed by atoms with Crippen LogP contribution >= 0.6 is 11.6 Å². The molecule has 1 saturated heterocycles. The number of esters is 1. The van der Waals surface area contributed by atoms with Gasteiger partial charge >= 0.3 is 18.0 Å². The Kier molecular flexibility index (Phi) is 8.21. The second-order valence-corrected chi connectivity index (χ2v) is 8.60. The number of urea groups is 1. The number of amides is 3. The summed E-state index contributed by atoms with van der Waals surface area (Å²) in [6.07, 6.45) is 1.45. The molecule has 0 unspecified atom stereocenters. The Morgan fingerprint density at radius 2 is 1.85 bits per heavy atom. The fourth-order valence-electron chi connectivity index (χ4n) is 3.68. The van der Waals surface area contributed by atoms with Crippen molar-refractivity contribution in [2.45, 2.75) is 20.1 Å². The highest BCUT2D eigenvalue weighted by Gasteiger charge is 2.34. The quantitative estimate of drug-likeness (QED) is 0.210. The van der Waals surface area contributed by atoms with Crippen molar-refractivity contribution in [2.24, 2.45) is 0 Å². The van der Waals surface area contributed by atoms with Crippen molar-refractivity contribution < 1.29 is 42.9 Å². The van der Waals surface area contributed by atoms with E-state index in [2.05, 4.69) is 10.1 Å². The van der Waals surface area contributed by atoms with Gasteiger partial charge in [-0.15, -0.1) is 0 Å². The van der Waals surface area contributed by atoms with E-state index in [0.717, 1.165) is 10.5 Å². The van der Waals surface area contributed by atoms with E-state index in [9.17, 15) is 19.2 Å². The molecular weight excluding hydrogens is 532 g/mol. The molecule has 0 saturated carbocycles. The second-order valence-electron chi connectivity index (χ2n) is 8.19. The Hall–Kier alpha value is -4.77. The number of hydrogen-bond donors (Lipinski definition) is 2. The zero-order valence-electron chi connectivity index (χ0n) is 20.9. The number of aromatic carboxylic acids is 1. The van der Waals surface area contributed by atoms with Crippen molar-refractivity contribution in [2.75, 3.05) is 13.7 Å². The van der Waals surface area contributed by atoms with Crippen LogP contribution < -0.4 is 14.8 Å². The lowest BCUT2D eigenvalue weighted by Gasteiger charge is -2.15. The lowest BCUT2D eigenvalue weighted by molar-refractivity contribution is -0.123. The molecule has 0 spiro atoms. The first-order valence-electron chi connectivity index (χ1n) is 11.6. The third kappa shape index (κ3) is 6.21. The molecule has 39 heavy (non-hydrogen) atoms. The van der Waals surface area contributed by atoms with Crippen LogP contribution in [-0.4, -0.2) is 47.6 Å². The summed E-state index contributed by atoms with van der Waals surface area (Å²) in [7, 11) is 1.21. The molecule has 1 aliphatic rings. The van der Waals surface area contributed by atoms with Crippen molar-refractivity contribution in [1.29, 1.82) is 0 Å². The molecule has 202 valence electrons. The lowest BCUT2D eigenvalue weighted by Crippen LogP contribution is -2.30. The highest BCUT2D eigenvalue weighted by atomic mass is 35.5.